The fourth-order valence-electron chi connectivity index (χ4n) is 0.480. The van der Waals surface area contributed by atoms with Crippen molar-refractivity contribution in [1.82, 2.24) is 0 Å². The van der Waals surface area contributed by atoms with Crippen molar-refractivity contribution in [2.75, 3.05) is 21.3 Å². The van der Waals surface area contributed by atoms with Gasteiger partial charge in [-0.05, 0) is 0 Å². The average Bonchev–Trinajstić information content (AvgIpc) is 2.03. The molecular formula is C6H11NO4. The molecule has 5 heteroatoms. The first kappa shape index (κ1) is 10.1. The van der Waals surface area contributed by atoms with E-state index in [2.05, 4.69) is 19.5 Å². The molecule has 0 radical (unpaired) electrons. The number of carbonyl (C=O) groups is 1. The third-order valence-corrected chi connectivity index (χ3v) is 0.918. The first-order chi connectivity index (χ1) is 5.26. The summed E-state index contributed by atoms with van der Waals surface area (Å²) in [6.45, 7) is 0. The first-order valence-corrected chi connectivity index (χ1v) is 2.95. The van der Waals surface area contributed by atoms with Crippen molar-refractivity contribution in [2.24, 2.45) is 4.99 Å². The van der Waals surface area contributed by atoms with Crippen LogP contribution in [0.5, 0.6) is 0 Å². The van der Waals surface area contributed by atoms with Crippen molar-refractivity contribution >= 4 is 12.2 Å². The summed E-state index contributed by atoms with van der Waals surface area (Å²) in [4.78, 5) is 23.2. The minimum Gasteiger partial charge on any atom is -0.467 e. The van der Waals surface area contributed by atoms with E-state index < -0.39 is 12.1 Å². The van der Waals surface area contributed by atoms with Crippen molar-refractivity contribution in [2.45, 2.75) is 6.10 Å². The maximum Gasteiger partial charge on any atom is 0.344 e. The summed E-state index contributed by atoms with van der Waals surface area (Å²) in [5, 5.41) is 0. The van der Waals surface area contributed by atoms with Gasteiger partial charge in [0.15, 0.2) is 0 Å². The van der Waals surface area contributed by atoms with E-state index in [0.717, 1.165) is 0 Å². The van der Waals surface area contributed by atoms with E-state index in [4.69, 9.17) is 0 Å². The molecule has 0 aliphatic rings. The van der Waals surface area contributed by atoms with E-state index in [0.29, 0.717) is 0 Å². The number of hydrogen-bond acceptors (Lipinski definition) is 5. The van der Waals surface area contributed by atoms with Crippen molar-refractivity contribution in [3.8, 4) is 0 Å². The molecule has 0 saturated heterocycles. The predicted octanol–water partition coefficient (Wildman–Crippen LogP) is -0.193. The highest BCUT2D eigenvalue weighted by atomic mass is 17.2. The topological polar surface area (TPSA) is 57.1 Å². The fraction of sp³-hybridized carbons (Fsp3) is 0.667. The summed E-state index contributed by atoms with van der Waals surface area (Å²) in [5.41, 5.74) is 0. The van der Waals surface area contributed by atoms with E-state index in [1.807, 2.05) is 0 Å². The molecule has 1 unspecified atom stereocenters. The number of esters is 1. The normalized spacial score (nSPS) is 13.4. The maximum atomic E-state index is 10.8. The van der Waals surface area contributed by atoms with Crippen molar-refractivity contribution in [1.29, 1.82) is 0 Å². The van der Waals surface area contributed by atoms with Gasteiger partial charge in [-0.3, -0.25) is 4.99 Å². The van der Waals surface area contributed by atoms with Crippen LogP contribution in [0.2, 0.25) is 0 Å². The Morgan fingerprint density at radius 2 is 2.18 bits per heavy atom. The molecule has 0 N–H and O–H groups in total. The molecule has 0 aromatic heterocycles. The van der Waals surface area contributed by atoms with Crippen LogP contribution >= 0.6 is 0 Å². The Balaban J connectivity index is 3.97. The van der Waals surface area contributed by atoms with Crippen LogP contribution in [-0.4, -0.2) is 39.6 Å². The SMILES string of the molecule is CN=CC(OOC)C(=O)OC. The zero-order valence-corrected chi connectivity index (χ0v) is 6.73. The Morgan fingerprint density at radius 3 is 2.55 bits per heavy atom. The van der Waals surface area contributed by atoms with Crippen LogP contribution in [0.1, 0.15) is 0 Å². The standard InChI is InChI=1S/C6H11NO4/c1-7-4-5(11-10-3)6(8)9-2/h4-5H,1-3H3. The Hall–Kier alpha value is -0.940. The number of carbonyl (C=O) groups excluding carboxylic acids is 1. The highest BCUT2D eigenvalue weighted by Crippen LogP contribution is 1.91. The minimum atomic E-state index is -0.880. The first-order valence-electron chi connectivity index (χ1n) is 2.95. The van der Waals surface area contributed by atoms with Crippen molar-refractivity contribution in [3.05, 3.63) is 0 Å². The summed E-state index contributed by atoms with van der Waals surface area (Å²) < 4.78 is 4.38. The summed E-state index contributed by atoms with van der Waals surface area (Å²) in [5.74, 6) is -0.544. The molecular weight excluding hydrogens is 150 g/mol. The Labute approximate surface area is 64.9 Å². The lowest BCUT2D eigenvalue weighted by Crippen LogP contribution is -2.26. The van der Waals surface area contributed by atoms with Crippen molar-refractivity contribution in [3.63, 3.8) is 0 Å². The Bertz CT molecular complexity index is 146. The average molecular weight is 161 g/mol. The van der Waals surface area contributed by atoms with Crippen LogP contribution in [-0.2, 0) is 19.3 Å². The van der Waals surface area contributed by atoms with Crippen LogP contribution in [0.4, 0.5) is 0 Å². The van der Waals surface area contributed by atoms with Crippen LogP contribution in [0.3, 0.4) is 0 Å². The smallest absolute Gasteiger partial charge is 0.344 e. The van der Waals surface area contributed by atoms with Gasteiger partial charge in [0, 0.05) is 13.3 Å². The molecule has 0 aliphatic heterocycles. The number of aliphatic imine (C=N–C) groups is 1. The van der Waals surface area contributed by atoms with Gasteiger partial charge in [-0.2, -0.15) is 0 Å². The van der Waals surface area contributed by atoms with Crippen LogP contribution in [0.15, 0.2) is 4.99 Å². The van der Waals surface area contributed by atoms with Gasteiger partial charge < -0.3 is 4.74 Å². The summed E-state index contributed by atoms with van der Waals surface area (Å²) in [6.07, 6.45) is 0.407. The minimum absolute atomic E-state index is 0.544. The molecule has 0 aromatic carbocycles. The van der Waals surface area contributed by atoms with Gasteiger partial charge in [-0.15, -0.1) is 0 Å². The van der Waals surface area contributed by atoms with E-state index in [1.165, 1.54) is 27.5 Å². The molecule has 5 nitrogen and oxygen atoms in total. The molecule has 0 spiro atoms. The number of methoxy groups -OCH3 is 1. The van der Waals surface area contributed by atoms with Gasteiger partial charge in [0.1, 0.15) is 0 Å². The number of rotatable bonds is 4. The Morgan fingerprint density at radius 1 is 1.55 bits per heavy atom. The predicted molar refractivity (Wildman–Crippen MR) is 38.3 cm³/mol. The van der Waals surface area contributed by atoms with Gasteiger partial charge >= 0.3 is 5.97 Å². The van der Waals surface area contributed by atoms with E-state index in [-0.39, 0.29) is 0 Å². The highest BCUT2D eigenvalue weighted by molar-refractivity contribution is 5.92. The van der Waals surface area contributed by atoms with Crippen LogP contribution in [0.25, 0.3) is 0 Å². The van der Waals surface area contributed by atoms with Gasteiger partial charge in [-0.25, -0.2) is 14.6 Å². The summed E-state index contributed by atoms with van der Waals surface area (Å²) in [6, 6.07) is 0. The molecule has 0 bridgehead atoms. The van der Waals surface area contributed by atoms with Crippen LogP contribution in [0, 0.1) is 0 Å². The second-order valence-electron chi connectivity index (χ2n) is 1.61. The number of hydrogen-bond donors (Lipinski definition) is 0. The Kier molecular flexibility index (Phi) is 5.32. The lowest BCUT2D eigenvalue weighted by atomic mass is 10.4. The van der Waals surface area contributed by atoms with Gasteiger partial charge in [0.25, 0.3) is 0 Å². The molecule has 0 rings (SSSR count). The van der Waals surface area contributed by atoms with Gasteiger partial charge in [0.05, 0.1) is 14.2 Å². The monoisotopic (exact) mass is 161 g/mol. The second-order valence-corrected chi connectivity index (χ2v) is 1.61. The van der Waals surface area contributed by atoms with E-state index in [1.54, 1.807) is 0 Å². The number of nitrogens with zero attached hydrogens (tertiary/aromatic N) is 1. The van der Waals surface area contributed by atoms with Gasteiger partial charge in [-0.1, -0.05) is 0 Å². The fourth-order valence-corrected chi connectivity index (χ4v) is 0.480. The third kappa shape index (κ3) is 3.69. The molecule has 64 valence electrons. The lowest BCUT2D eigenvalue weighted by Gasteiger charge is -2.06. The van der Waals surface area contributed by atoms with Crippen LogP contribution < -0.4 is 0 Å². The van der Waals surface area contributed by atoms with E-state index in [9.17, 15) is 4.79 Å². The van der Waals surface area contributed by atoms with Crippen molar-refractivity contribution < 1.29 is 19.3 Å². The largest absolute Gasteiger partial charge is 0.467 e. The molecule has 0 saturated carbocycles. The highest BCUT2D eigenvalue weighted by Gasteiger charge is 2.17. The molecule has 11 heavy (non-hydrogen) atoms. The molecule has 0 aliphatic carbocycles. The summed E-state index contributed by atoms with van der Waals surface area (Å²) >= 11 is 0. The van der Waals surface area contributed by atoms with Gasteiger partial charge in [0.2, 0.25) is 6.10 Å². The molecule has 0 amide bonds. The zero-order chi connectivity index (χ0) is 8.69. The molecule has 0 heterocycles. The quantitative estimate of drug-likeness (QED) is 0.248. The lowest BCUT2D eigenvalue weighted by molar-refractivity contribution is -0.285. The second kappa shape index (κ2) is 5.82. The zero-order valence-electron chi connectivity index (χ0n) is 6.73. The molecule has 1 atom stereocenters. The summed E-state index contributed by atoms with van der Waals surface area (Å²) in [7, 11) is 4.09. The number of ether oxygens (including phenoxy) is 1. The third-order valence-electron chi connectivity index (χ3n) is 0.918. The molecule has 0 aromatic rings. The van der Waals surface area contributed by atoms with E-state index >= 15 is 0 Å². The maximum absolute atomic E-state index is 10.8. The molecule has 0 fully saturated rings.